The molecule has 3 aromatic carbocycles. The van der Waals surface area contributed by atoms with Crippen molar-refractivity contribution in [2.24, 2.45) is 0 Å². The average Bonchev–Trinajstić information content (AvgIpc) is 3.17. The van der Waals surface area contributed by atoms with Gasteiger partial charge < -0.3 is 4.57 Å². The van der Waals surface area contributed by atoms with Gasteiger partial charge in [0.15, 0.2) is 5.78 Å². The number of fused-ring (bicyclic) bond motifs is 1. The van der Waals surface area contributed by atoms with Gasteiger partial charge in [0.25, 0.3) is 0 Å². The van der Waals surface area contributed by atoms with Crippen LogP contribution in [0.2, 0.25) is 0 Å². The maximum absolute atomic E-state index is 14.6. The summed E-state index contributed by atoms with van der Waals surface area (Å²) in [6.07, 6.45) is 7.07. The number of hydrogen-bond donors (Lipinski definition) is 0. The summed E-state index contributed by atoms with van der Waals surface area (Å²) in [5, 5.41) is 1.94. The number of unbranched alkanes of at least 4 members (excludes halogenated alkanes) is 2. The van der Waals surface area contributed by atoms with E-state index in [9.17, 15) is 9.18 Å². The minimum absolute atomic E-state index is 0.0747. The highest BCUT2D eigenvalue weighted by Crippen LogP contribution is 2.31. The Labute approximate surface area is 170 Å². The summed E-state index contributed by atoms with van der Waals surface area (Å²) in [7, 11) is 0. The van der Waals surface area contributed by atoms with Crippen LogP contribution in [0.1, 0.15) is 42.1 Å². The quantitative estimate of drug-likeness (QED) is 0.251. The summed E-state index contributed by atoms with van der Waals surface area (Å²) in [6.45, 7) is 2.98. The Balaban J connectivity index is 1.83. The molecular formula is C26H24FNO. The van der Waals surface area contributed by atoms with Crippen LogP contribution in [-0.2, 0) is 6.54 Å². The number of rotatable bonds is 7. The molecule has 0 N–H and O–H groups in total. The highest BCUT2D eigenvalue weighted by Gasteiger charge is 2.21. The number of benzene rings is 3. The third-order valence-electron chi connectivity index (χ3n) is 5.34. The van der Waals surface area contributed by atoms with Crippen molar-refractivity contribution in [1.29, 1.82) is 0 Å². The molecule has 0 unspecified atom stereocenters. The van der Waals surface area contributed by atoms with E-state index in [0.29, 0.717) is 22.3 Å². The van der Waals surface area contributed by atoms with Crippen LogP contribution < -0.4 is 0 Å². The first kappa shape index (κ1) is 19.1. The predicted octanol–water partition coefficient (Wildman–Crippen LogP) is 6.87. The Morgan fingerprint density at radius 2 is 1.59 bits per heavy atom. The van der Waals surface area contributed by atoms with E-state index in [1.807, 2.05) is 59.4 Å². The molecule has 4 rings (SSSR count). The first-order chi connectivity index (χ1) is 14.2. The Morgan fingerprint density at radius 3 is 2.41 bits per heavy atom. The van der Waals surface area contributed by atoms with Crippen molar-refractivity contribution in [3.8, 4) is 11.1 Å². The molecule has 0 saturated heterocycles. The molecule has 0 bridgehead atoms. The minimum Gasteiger partial charge on any atom is -0.353 e. The number of ketones is 1. The first-order valence-corrected chi connectivity index (χ1v) is 10.2. The fourth-order valence-corrected chi connectivity index (χ4v) is 3.83. The number of nitrogens with zero attached hydrogens (tertiary/aromatic N) is 1. The van der Waals surface area contributed by atoms with Gasteiger partial charge in [0, 0.05) is 41.2 Å². The van der Waals surface area contributed by atoms with Crippen molar-refractivity contribution in [2.75, 3.05) is 0 Å². The molecule has 3 heteroatoms. The summed E-state index contributed by atoms with van der Waals surface area (Å²) in [5.41, 5.74) is 2.30. The van der Waals surface area contributed by atoms with Crippen molar-refractivity contribution >= 4 is 16.6 Å². The SMILES string of the molecule is CCCCCn1cc(C(=O)c2cccc3ccccc23)c(-c2ccccc2F)c1. The molecule has 0 aliphatic carbocycles. The van der Waals surface area contributed by atoms with Crippen molar-refractivity contribution in [1.82, 2.24) is 4.57 Å². The molecule has 0 aliphatic rings. The van der Waals surface area contributed by atoms with E-state index in [1.54, 1.807) is 18.2 Å². The predicted molar refractivity (Wildman–Crippen MR) is 117 cm³/mol. The topological polar surface area (TPSA) is 22.0 Å². The Bertz CT molecular complexity index is 1150. The first-order valence-electron chi connectivity index (χ1n) is 10.2. The number of carbonyl (C=O) groups excluding carboxylic acids is 1. The van der Waals surface area contributed by atoms with Crippen LogP contribution >= 0.6 is 0 Å². The Kier molecular flexibility index (Phi) is 5.57. The second kappa shape index (κ2) is 8.44. The molecule has 0 saturated carbocycles. The van der Waals surface area contributed by atoms with E-state index in [0.717, 1.165) is 36.6 Å². The molecule has 4 aromatic rings. The van der Waals surface area contributed by atoms with Gasteiger partial charge in [-0.3, -0.25) is 4.79 Å². The molecular weight excluding hydrogens is 361 g/mol. The molecule has 1 heterocycles. The fraction of sp³-hybridized carbons (Fsp3) is 0.192. The van der Waals surface area contributed by atoms with E-state index in [4.69, 9.17) is 0 Å². The number of hydrogen-bond acceptors (Lipinski definition) is 1. The van der Waals surface area contributed by atoms with E-state index in [-0.39, 0.29) is 11.6 Å². The lowest BCUT2D eigenvalue weighted by Crippen LogP contribution is -2.03. The van der Waals surface area contributed by atoms with Crippen LogP contribution in [0.4, 0.5) is 4.39 Å². The number of carbonyl (C=O) groups is 1. The minimum atomic E-state index is -0.314. The van der Waals surface area contributed by atoms with Crippen LogP contribution in [0, 0.1) is 5.82 Å². The third kappa shape index (κ3) is 3.86. The number of aromatic nitrogens is 1. The van der Waals surface area contributed by atoms with Gasteiger partial charge in [0.05, 0.1) is 0 Å². The molecule has 0 amide bonds. The molecule has 0 fully saturated rings. The molecule has 146 valence electrons. The number of aryl methyl sites for hydroxylation is 1. The molecule has 29 heavy (non-hydrogen) atoms. The van der Waals surface area contributed by atoms with Crippen molar-refractivity contribution in [3.63, 3.8) is 0 Å². The largest absolute Gasteiger partial charge is 0.353 e. The van der Waals surface area contributed by atoms with Crippen LogP contribution in [0.25, 0.3) is 21.9 Å². The van der Waals surface area contributed by atoms with Crippen LogP contribution in [0.15, 0.2) is 79.1 Å². The maximum atomic E-state index is 14.6. The molecule has 2 nitrogen and oxygen atoms in total. The lowest BCUT2D eigenvalue weighted by atomic mass is 9.94. The molecule has 0 spiro atoms. The lowest BCUT2D eigenvalue weighted by molar-refractivity contribution is 0.104. The normalized spacial score (nSPS) is 11.1. The van der Waals surface area contributed by atoms with Gasteiger partial charge in [-0.25, -0.2) is 4.39 Å². The van der Waals surface area contributed by atoms with Gasteiger partial charge in [-0.15, -0.1) is 0 Å². The molecule has 0 atom stereocenters. The smallest absolute Gasteiger partial charge is 0.195 e. The van der Waals surface area contributed by atoms with Gasteiger partial charge in [0.2, 0.25) is 0 Å². The third-order valence-corrected chi connectivity index (χ3v) is 5.34. The van der Waals surface area contributed by atoms with E-state index >= 15 is 0 Å². The Morgan fingerprint density at radius 1 is 0.828 bits per heavy atom. The van der Waals surface area contributed by atoms with Gasteiger partial charge in [-0.05, 0) is 23.3 Å². The van der Waals surface area contributed by atoms with Crippen molar-refractivity contribution in [2.45, 2.75) is 32.7 Å². The van der Waals surface area contributed by atoms with Crippen LogP contribution in [0.3, 0.4) is 0 Å². The highest BCUT2D eigenvalue weighted by atomic mass is 19.1. The summed E-state index contributed by atoms with van der Waals surface area (Å²) >= 11 is 0. The summed E-state index contributed by atoms with van der Waals surface area (Å²) in [4.78, 5) is 13.6. The molecule has 0 radical (unpaired) electrons. The summed E-state index contributed by atoms with van der Waals surface area (Å²) < 4.78 is 16.6. The van der Waals surface area contributed by atoms with Crippen LogP contribution in [-0.4, -0.2) is 10.4 Å². The summed E-state index contributed by atoms with van der Waals surface area (Å²) in [5.74, 6) is -0.389. The van der Waals surface area contributed by atoms with E-state index < -0.39 is 0 Å². The van der Waals surface area contributed by atoms with Gasteiger partial charge >= 0.3 is 0 Å². The van der Waals surface area contributed by atoms with Gasteiger partial charge in [-0.1, -0.05) is 80.4 Å². The molecule has 1 aromatic heterocycles. The highest BCUT2D eigenvalue weighted by molar-refractivity contribution is 6.19. The lowest BCUT2D eigenvalue weighted by Gasteiger charge is -2.08. The summed E-state index contributed by atoms with van der Waals surface area (Å²) in [6, 6.07) is 20.3. The fourth-order valence-electron chi connectivity index (χ4n) is 3.83. The standard InChI is InChI=1S/C26H24FNO/c1-2-3-8-16-28-17-23(21-13-6-7-15-25(21)27)24(18-28)26(29)22-14-9-11-19-10-4-5-12-20(19)22/h4-7,9-15,17-18H,2-3,8,16H2,1H3. The zero-order valence-corrected chi connectivity index (χ0v) is 16.6. The van der Waals surface area contributed by atoms with Gasteiger partial charge in [0.1, 0.15) is 5.82 Å². The average molecular weight is 385 g/mol. The van der Waals surface area contributed by atoms with Crippen molar-refractivity contribution in [3.05, 3.63) is 96.1 Å². The molecule has 0 aliphatic heterocycles. The van der Waals surface area contributed by atoms with E-state index in [1.165, 1.54) is 6.07 Å². The zero-order valence-electron chi connectivity index (χ0n) is 16.6. The van der Waals surface area contributed by atoms with Crippen molar-refractivity contribution < 1.29 is 9.18 Å². The van der Waals surface area contributed by atoms with E-state index in [2.05, 4.69) is 6.92 Å². The Hall–Kier alpha value is -3.20. The maximum Gasteiger partial charge on any atom is 0.195 e. The second-order valence-electron chi connectivity index (χ2n) is 7.37. The second-order valence-corrected chi connectivity index (χ2v) is 7.37. The number of halogens is 1. The zero-order chi connectivity index (χ0) is 20.2. The monoisotopic (exact) mass is 385 g/mol. The van der Waals surface area contributed by atoms with Gasteiger partial charge in [-0.2, -0.15) is 0 Å². The van der Waals surface area contributed by atoms with Crippen LogP contribution in [0.5, 0.6) is 0 Å².